The Hall–Kier alpha value is -5.60. The van der Waals surface area contributed by atoms with Gasteiger partial charge >= 0.3 is 0 Å². The highest BCUT2D eigenvalue weighted by molar-refractivity contribution is 5.99. The summed E-state index contributed by atoms with van der Waals surface area (Å²) >= 11 is 0. The molecule has 0 aliphatic heterocycles. The summed E-state index contributed by atoms with van der Waals surface area (Å²) < 4.78 is 0. The minimum atomic E-state index is 0.333. The topological polar surface area (TPSA) is 6.48 Å². The van der Waals surface area contributed by atoms with E-state index in [4.69, 9.17) is 0 Å². The van der Waals surface area contributed by atoms with E-state index in [1.807, 2.05) is 0 Å². The summed E-state index contributed by atoms with van der Waals surface area (Å²) in [5.74, 6) is 0. The highest BCUT2D eigenvalue weighted by Gasteiger charge is 2.19. The molecule has 7 rings (SSSR count). The minimum Gasteiger partial charge on any atom is -0.338 e. The summed E-state index contributed by atoms with van der Waals surface area (Å²) in [6, 6.07) is 59.5. The average molecular weight is 609 g/mol. The third-order valence-electron chi connectivity index (χ3n) is 9.08. The van der Waals surface area contributed by atoms with E-state index in [1.165, 1.54) is 49.7 Å². The van der Waals surface area contributed by atoms with Crippen molar-refractivity contribution in [2.75, 3.05) is 9.80 Å². The second-order valence-electron chi connectivity index (χ2n) is 12.1. The van der Waals surface area contributed by atoms with Crippen molar-refractivity contribution >= 4 is 50.0 Å². The van der Waals surface area contributed by atoms with Gasteiger partial charge in [-0.3, -0.25) is 0 Å². The predicted octanol–water partition coefficient (Wildman–Crippen LogP) is 13.0. The first-order valence-corrected chi connectivity index (χ1v) is 16.6. The minimum absolute atomic E-state index is 0.333. The largest absolute Gasteiger partial charge is 0.338 e. The van der Waals surface area contributed by atoms with Gasteiger partial charge in [0.05, 0.1) is 5.69 Å². The van der Waals surface area contributed by atoms with Gasteiger partial charge < -0.3 is 9.80 Å². The molecule has 0 saturated heterocycles. The van der Waals surface area contributed by atoms with Gasteiger partial charge in [0.25, 0.3) is 0 Å². The molecule has 0 amide bonds. The van der Waals surface area contributed by atoms with Crippen LogP contribution in [-0.2, 0) is 0 Å². The molecule has 1 unspecified atom stereocenters. The maximum atomic E-state index is 2.51. The van der Waals surface area contributed by atoms with Crippen LogP contribution in [0.25, 0.3) is 32.7 Å². The molecular weight excluding hydrogens is 569 g/mol. The lowest BCUT2D eigenvalue weighted by atomic mass is 10.0. The number of fused-ring (bicyclic) bond motifs is 2. The normalized spacial score (nSPS) is 12.0. The second kappa shape index (κ2) is 13.8. The summed E-state index contributed by atoms with van der Waals surface area (Å²) in [5.41, 5.74) is 8.30. The van der Waals surface area contributed by atoms with Crippen molar-refractivity contribution in [3.05, 3.63) is 176 Å². The third-order valence-corrected chi connectivity index (χ3v) is 9.08. The van der Waals surface area contributed by atoms with Crippen LogP contribution < -0.4 is 9.80 Å². The van der Waals surface area contributed by atoms with E-state index >= 15 is 0 Å². The fourth-order valence-corrected chi connectivity index (χ4v) is 6.71. The Balaban J connectivity index is 1.22. The maximum Gasteiger partial charge on any atom is 0.0540 e. The van der Waals surface area contributed by atoms with Gasteiger partial charge in [0.1, 0.15) is 0 Å². The van der Waals surface area contributed by atoms with Crippen LogP contribution in [0.5, 0.6) is 0 Å². The van der Waals surface area contributed by atoms with E-state index in [-0.39, 0.29) is 0 Å². The van der Waals surface area contributed by atoms with Crippen molar-refractivity contribution < 1.29 is 0 Å². The molecule has 0 N–H and O–H groups in total. The Bertz CT molecular complexity index is 2100. The quantitative estimate of drug-likeness (QED) is 0.143. The summed E-state index contributed by atoms with van der Waals surface area (Å²) in [6.07, 6.45) is 6.55. The number of hydrogen-bond donors (Lipinski definition) is 0. The number of para-hydroxylation sites is 1. The van der Waals surface area contributed by atoms with Crippen molar-refractivity contribution in [2.45, 2.75) is 32.7 Å². The molecular formula is C45H40N2. The Morgan fingerprint density at radius 2 is 0.979 bits per heavy atom. The molecule has 0 heterocycles. The molecule has 0 fully saturated rings. The lowest BCUT2D eigenvalue weighted by molar-refractivity contribution is 0.656. The lowest BCUT2D eigenvalue weighted by Gasteiger charge is -2.33. The van der Waals surface area contributed by atoms with Crippen LogP contribution in [0.15, 0.2) is 176 Å². The molecule has 7 aromatic rings. The van der Waals surface area contributed by atoms with E-state index in [0.717, 1.165) is 24.2 Å². The number of benzene rings is 7. The van der Waals surface area contributed by atoms with E-state index in [9.17, 15) is 0 Å². The van der Waals surface area contributed by atoms with E-state index in [0.29, 0.717) is 6.04 Å². The van der Waals surface area contributed by atoms with Crippen molar-refractivity contribution in [1.82, 2.24) is 0 Å². The number of hydrogen-bond acceptors (Lipinski definition) is 2. The first-order valence-electron chi connectivity index (χ1n) is 16.6. The Kier molecular flexibility index (Phi) is 8.83. The predicted molar refractivity (Wildman–Crippen MR) is 204 cm³/mol. The van der Waals surface area contributed by atoms with Crippen molar-refractivity contribution in [3.63, 3.8) is 0 Å². The molecule has 0 radical (unpaired) electrons. The maximum absolute atomic E-state index is 2.51. The first kappa shape index (κ1) is 30.1. The monoisotopic (exact) mass is 608 g/mol. The molecule has 0 aliphatic rings. The van der Waals surface area contributed by atoms with Crippen molar-refractivity contribution in [1.29, 1.82) is 0 Å². The third kappa shape index (κ3) is 6.28. The van der Waals surface area contributed by atoms with Crippen LogP contribution in [0.1, 0.15) is 26.7 Å². The molecule has 2 nitrogen and oxygen atoms in total. The van der Waals surface area contributed by atoms with Gasteiger partial charge in [0.15, 0.2) is 0 Å². The van der Waals surface area contributed by atoms with Crippen LogP contribution in [0.2, 0.25) is 0 Å². The van der Waals surface area contributed by atoms with Crippen LogP contribution >= 0.6 is 0 Å². The van der Waals surface area contributed by atoms with Gasteiger partial charge in [0, 0.05) is 39.6 Å². The highest BCUT2D eigenvalue weighted by atomic mass is 15.2. The first-order chi connectivity index (χ1) is 23.2. The van der Waals surface area contributed by atoms with Crippen LogP contribution in [-0.4, -0.2) is 6.04 Å². The molecule has 230 valence electrons. The average Bonchev–Trinajstić information content (AvgIpc) is 3.13. The SMILES string of the molecule is C/C=C\CCC(C)N(c1ccc(-c2ccc(N(c3ccccc3)c3cccc4ccccc34)cc2)cc1)c1cccc2ccccc12. The number of anilines is 5. The summed E-state index contributed by atoms with van der Waals surface area (Å²) in [7, 11) is 0. The summed E-state index contributed by atoms with van der Waals surface area (Å²) in [5, 5.41) is 5.01. The molecule has 0 spiro atoms. The van der Waals surface area contributed by atoms with Crippen LogP contribution in [0.3, 0.4) is 0 Å². The molecule has 0 bridgehead atoms. The zero-order valence-electron chi connectivity index (χ0n) is 27.1. The fraction of sp³-hybridized carbons (Fsp3) is 0.111. The van der Waals surface area contributed by atoms with Gasteiger partial charge in [-0.1, -0.05) is 127 Å². The van der Waals surface area contributed by atoms with E-state index in [1.54, 1.807) is 0 Å². The summed E-state index contributed by atoms with van der Waals surface area (Å²) in [6.45, 7) is 4.44. The standard InChI is InChI=1S/C45H40N2/c1-3-4-6-15-34(2)46(44-24-13-18-37-16-9-11-22-42(37)44)40-30-26-35(27-31-40)36-28-32-41(33-29-36)47(39-20-7-5-8-21-39)45-25-14-19-38-17-10-12-23-43(38)45/h3-5,7-14,16-34H,6,15H2,1-2H3/b4-3-. The highest BCUT2D eigenvalue weighted by Crippen LogP contribution is 2.40. The number of allylic oxidation sites excluding steroid dienone is 2. The number of rotatable bonds is 10. The van der Waals surface area contributed by atoms with E-state index in [2.05, 4.69) is 200 Å². The Labute approximate surface area is 278 Å². The molecule has 7 aromatic carbocycles. The number of nitrogens with zero attached hydrogens (tertiary/aromatic N) is 2. The van der Waals surface area contributed by atoms with Gasteiger partial charge in [-0.25, -0.2) is 0 Å². The van der Waals surface area contributed by atoms with Crippen LogP contribution in [0.4, 0.5) is 28.4 Å². The smallest absolute Gasteiger partial charge is 0.0540 e. The molecule has 0 saturated carbocycles. The molecule has 0 aliphatic carbocycles. The fourth-order valence-electron chi connectivity index (χ4n) is 6.71. The van der Waals surface area contributed by atoms with Crippen LogP contribution in [0, 0.1) is 0 Å². The summed E-state index contributed by atoms with van der Waals surface area (Å²) in [4.78, 5) is 4.87. The van der Waals surface area contributed by atoms with Crippen molar-refractivity contribution in [2.24, 2.45) is 0 Å². The molecule has 47 heavy (non-hydrogen) atoms. The Morgan fingerprint density at radius 1 is 0.489 bits per heavy atom. The van der Waals surface area contributed by atoms with Gasteiger partial charge in [0.2, 0.25) is 0 Å². The second-order valence-corrected chi connectivity index (χ2v) is 12.1. The van der Waals surface area contributed by atoms with Gasteiger partial charge in [-0.2, -0.15) is 0 Å². The van der Waals surface area contributed by atoms with Crippen molar-refractivity contribution in [3.8, 4) is 11.1 Å². The van der Waals surface area contributed by atoms with Gasteiger partial charge in [-0.05, 0) is 97.1 Å². The lowest BCUT2D eigenvalue weighted by Crippen LogP contribution is -2.28. The Morgan fingerprint density at radius 3 is 1.60 bits per heavy atom. The van der Waals surface area contributed by atoms with Gasteiger partial charge in [-0.15, -0.1) is 0 Å². The molecule has 1 atom stereocenters. The zero-order valence-corrected chi connectivity index (χ0v) is 27.1. The molecule has 0 aromatic heterocycles. The molecule has 2 heteroatoms. The zero-order chi connectivity index (χ0) is 32.0. The van der Waals surface area contributed by atoms with E-state index < -0.39 is 0 Å².